The molecule has 0 fully saturated rings. The van der Waals surface area contributed by atoms with E-state index < -0.39 is 0 Å². The van der Waals surface area contributed by atoms with E-state index in [9.17, 15) is 4.79 Å². The van der Waals surface area contributed by atoms with E-state index in [1.54, 1.807) is 0 Å². The minimum Gasteiger partial charge on any atom is -0.484 e. The molecular formula is C23H21N3O2. The molecule has 0 aliphatic rings. The predicted molar refractivity (Wildman–Crippen MR) is 111 cm³/mol. The van der Waals surface area contributed by atoms with Gasteiger partial charge in [0.05, 0.1) is 11.0 Å². The first-order valence-corrected chi connectivity index (χ1v) is 9.27. The molecule has 0 saturated carbocycles. The van der Waals surface area contributed by atoms with Crippen molar-refractivity contribution in [3.05, 3.63) is 90.3 Å². The van der Waals surface area contributed by atoms with Crippen molar-refractivity contribution < 1.29 is 9.53 Å². The Kier molecular flexibility index (Phi) is 5.33. The highest BCUT2D eigenvalue weighted by atomic mass is 16.5. The first kappa shape index (κ1) is 17.8. The van der Waals surface area contributed by atoms with Gasteiger partial charge in [-0.15, -0.1) is 0 Å². The molecule has 5 nitrogen and oxygen atoms in total. The summed E-state index contributed by atoms with van der Waals surface area (Å²) < 4.78 is 5.52. The smallest absolute Gasteiger partial charge is 0.262 e. The molecule has 4 rings (SSSR count). The summed E-state index contributed by atoms with van der Waals surface area (Å²) in [7, 11) is 0. The number of hydrogen-bond acceptors (Lipinski definition) is 3. The fraction of sp³-hybridized carbons (Fsp3) is 0.130. The Morgan fingerprint density at radius 1 is 0.893 bits per heavy atom. The monoisotopic (exact) mass is 371 g/mol. The average Bonchev–Trinajstić information content (AvgIpc) is 3.15. The number of anilines is 1. The van der Waals surface area contributed by atoms with Crippen LogP contribution in [0.15, 0.2) is 78.9 Å². The van der Waals surface area contributed by atoms with Gasteiger partial charge in [0.15, 0.2) is 6.61 Å². The Labute approximate surface area is 163 Å². The van der Waals surface area contributed by atoms with E-state index in [0.717, 1.165) is 41.0 Å². The summed E-state index contributed by atoms with van der Waals surface area (Å²) in [5.74, 6) is 1.44. The highest BCUT2D eigenvalue weighted by molar-refractivity contribution is 5.92. The zero-order valence-electron chi connectivity index (χ0n) is 15.4. The van der Waals surface area contributed by atoms with E-state index in [-0.39, 0.29) is 12.5 Å². The molecule has 5 heteroatoms. The minimum atomic E-state index is -0.181. The standard InChI is InChI=1S/C23H21N3O2/c27-23(16-28-18-9-2-1-3-10-18)26-19-11-5-4-8-17(19)14-15-22-24-20-12-6-7-13-21(20)25-22/h1-13H,14-16H2,(H,24,25)(H,26,27). The molecule has 28 heavy (non-hydrogen) atoms. The number of carbonyl (C=O) groups is 1. The molecular weight excluding hydrogens is 350 g/mol. The fourth-order valence-electron chi connectivity index (χ4n) is 3.09. The van der Waals surface area contributed by atoms with Gasteiger partial charge in [-0.25, -0.2) is 4.98 Å². The van der Waals surface area contributed by atoms with Gasteiger partial charge in [-0.1, -0.05) is 48.5 Å². The van der Waals surface area contributed by atoms with Gasteiger partial charge in [0.2, 0.25) is 0 Å². The first-order chi connectivity index (χ1) is 13.8. The number of hydrogen-bond donors (Lipinski definition) is 2. The molecule has 0 aliphatic carbocycles. The maximum absolute atomic E-state index is 12.3. The lowest BCUT2D eigenvalue weighted by Crippen LogP contribution is -2.21. The number of nitrogens with zero attached hydrogens (tertiary/aromatic N) is 1. The van der Waals surface area contributed by atoms with Gasteiger partial charge in [-0.2, -0.15) is 0 Å². The van der Waals surface area contributed by atoms with Crippen molar-refractivity contribution >= 4 is 22.6 Å². The number of carbonyl (C=O) groups excluding carboxylic acids is 1. The molecule has 0 aliphatic heterocycles. The van der Waals surface area contributed by atoms with Crippen LogP contribution in [0.2, 0.25) is 0 Å². The van der Waals surface area contributed by atoms with E-state index in [2.05, 4.69) is 15.3 Å². The number of aryl methyl sites for hydroxylation is 2. The quantitative estimate of drug-likeness (QED) is 0.507. The molecule has 0 atom stereocenters. The second-order valence-electron chi connectivity index (χ2n) is 6.51. The summed E-state index contributed by atoms with van der Waals surface area (Å²) in [5.41, 5.74) is 3.88. The number of nitrogens with one attached hydrogen (secondary N) is 2. The fourth-order valence-corrected chi connectivity index (χ4v) is 3.09. The summed E-state index contributed by atoms with van der Waals surface area (Å²) in [6.45, 7) is -0.0259. The van der Waals surface area contributed by atoms with E-state index in [1.807, 2.05) is 78.9 Å². The van der Waals surface area contributed by atoms with Gasteiger partial charge in [-0.3, -0.25) is 4.79 Å². The van der Waals surface area contributed by atoms with Gasteiger partial charge < -0.3 is 15.0 Å². The Morgan fingerprint density at radius 2 is 1.64 bits per heavy atom. The van der Waals surface area contributed by atoms with E-state index in [0.29, 0.717) is 5.75 Å². The molecule has 0 spiro atoms. The van der Waals surface area contributed by atoms with E-state index in [4.69, 9.17) is 4.74 Å². The van der Waals surface area contributed by atoms with Crippen molar-refractivity contribution in [3.63, 3.8) is 0 Å². The zero-order valence-corrected chi connectivity index (χ0v) is 15.4. The SMILES string of the molecule is O=C(COc1ccccc1)Nc1ccccc1CCc1nc2ccccc2[nH]1. The molecule has 4 aromatic rings. The summed E-state index contributed by atoms with van der Waals surface area (Å²) >= 11 is 0. The Bertz CT molecular complexity index is 1040. The van der Waals surface area contributed by atoms with Crippen LogP contribution in [-0.2, 0) is 17.6 Å². The van der Waals surface area contributed by atoms with E-state index >= 15 is 0 Å². The topological polar surface area (TPSA) is 67.0 Å². The van der Waals surface area contributed by atoms with Crippen LogP contribution in [-0.4, -0.2) is 22.5 Å². The first-order valence-electron chi connectivity index (χ1n) is 9.27. The summed E-state index contributed by atoms with van der Waals surface area (Å²) in [6.07, 6.45) is 1.54. The molecule has 0 radical (unpaired) electrons. The maximum Gasteiger partial charge on any atom is 0.262 e. The van der Waals surface area contributed by atoms with Crippen LogP contribution < -0.4 is 10.1 Å². The van der Waals surface area contributed by atoms with Crippen molar-refractivity contribution in [2.75, 3.05) is 11.9 Å². The highest BCUT2D eigenvalue weighted by Crippen LogP contribution is 2.18. The van der Waals surface area contributed by atoms with Crippen LogP contribution in [0.4, 0.5) is 5.69 Å². The number of benzene rings is 3. The molecule has 0 unspecified atom stereocenters. The Balaban J connectivity index is 1.38. The summed E-state index contributed by atoms with van der Waals surface area (Å²) in [5, 5.41) is 2.95. The van der Waals surface area contributed by atoms with Gasteiger partial charge in [0, 0.05) is 12.1 Å². The molecule has 1 amide bonds. The number of ether oxygens (including phenoxy) is 1. The number of aromatic nitrogens is 2. The number of H-pyrrole nitrogens is 1. The van der Waals surface area contributed by atoms with Gasteiger partial charge >= 0.3 is 0 Å². The molecule has 1 aromatic heterocycles. The molecule has 2 N–H and O–H groups in total. The Morgan fingerprint density at radius 3 is 2.50 bits per heavy atom. The largest absolute Gasteiger partial charge is 0.484 e. The molecule has 0 bridgehead atoms. The molecule has 140 valence electrons. The van der Waals surface area contributed by atoms with Crippen molar-refractivity contribution in [3.8, 4) is 5.75 Å². The summed E-state index contributed by atoms with van der Waals surface area (Å²) in [6, 6.07) is 25.1. The van der Waals surface area contributed by atoms with Crippen molar-refractivity contribution in [1.29, 1.82) is 0 Å². The summed E-state index contributed by atoms with van der Waals surface area (Å²) in [4.78, 5) is 20.2. The number of aromatic amines is 1. The van der Waals surface area contributed by atoms with Gasteiger partial charge in [0.1, 0.15) is 11.6 Å². The normalized spacial score (nSPS) is 10.7. The predicted octanol–water partition coefficient (Wildman–Crippen LogP) is 4.37. The van der Waals surface area contributed by atoms with Gasteiger partial charge in [0.25, 0.3) is 5.91 Å². The molecule has 1 heterocycles. The van der Waals surface area contributed by atoms with Crippen molar-refractivity contribution in [2.45, 2.75) is 12.8 Å². The third kappa shape index (κ3) is 4.38. The average molecular weight is 371 g/mol. The van der Waals surface area contributed by atoms with Crippen LogP contribution in [0, 0.1) is 0 Å². The van der Waals surface area contributed by atoms with Crippen LogP contribution in [0.25, 0.3) is 11.0 Å². The zero-order chi connectivity index (χ0) is 19.2. The lowest BCUT2D eigenvalue weighted by atomic mass is 10.1. The number of fused-ring (bicyclic) bond motifs is 1. The van der Waals surface area contributed by atoms with Crippen molar-refractivity contribution in [2.24, 2.45) is 0 Å². The second kappa shape index (κ2) is 8.39. The van der Waals surface area contributed by atoms with Crippen LogP contribution in [0.3, 0.4) is 0 Å². The van der Waals surface area contributed by atoms with Crippen LogP contribution >= 0.6 is 0 Å². The van der Waals surface area contributed by atoms with Crippen LogP contribution in [0.5, 0.6) is 5.75 Å². The third-order valence-electron chi connectivity index (χ3n) is 4.47. The number of para-hydroxylation sites is 4. The number of rotatable bonds is 7. The lowest BCUT2D eigenvalue weighted by molar-refractivity contribution is -0.118. The Hall–Kier alpha value is -3.60. The highest BCUT2D eigenvalue weighted by Gasteiger charge is 2.09. The van der Waals surface area contributed by atoms with Crippen LogP contribution in [0.1, 0.15) is 11.4 Å². The molecule has 3 aromatic carbocycles. The third-order valence-corrected chi connectivity index (χ3v) is 4.47. The van der Waals surface area contributed by atoms with Gasteiger partial charge in [-0.05, 0) is 42.3 Å². The number of imidazole rings is 1. The lowest BCUT2D eigenvalue weighted by Gasteiger charge is -2.11. The molecule has 0 saturated heterocycles. The maximum atomic E-state index is 12.3. The van der Waals surface area contributed by atoms with E-state index in [1.165, 1.54) is 0 Å². The second-order valence-corrected chi connectivity index (χ2v) is 6.51. The van der Waals surface area contributed by atoms with Crippen molar-refractivity contribution in [1.82, 2.24) is 9.97 Å². The number of amides is 1. The minimum absolute atomic E-state index is 0.0259.